The van der Waals surface area contributed by atoms with Gasteiger partial charge < -0.3 is 52.5 Å². The Kier molecular flexibility index (Phi) is 10.5. The van der Waals surface area contributed by atoms with Crippen molar-refractivity contribution in [3.05, 3.63) is 74.7 Å². The van der Waals surface area contributed by atoms with Gasteiger partial charge in [0.1, 0.15) is 28.6 Å². The van der Waals surface area contributed by atoms with Gasteiger partial charge in [0.2, 0.25) is 0 Å². The maximum atomic E-state index is 13.2. The van der Waals surface area contributed by atoms with Crippen molar-refractivity contribution >= 4 is 74.2 Å². The second-order valence-corrected chi connectivity index (χ2v) is 11.5. The molecule has 12 N–H and O–H groups in total. The minimum atomic E-state index is -0.548. The first-order chi connectivity index (χ1) is 22.7. The minimum Gasteiger partial charge on any atom is -0.409 e. The molecule has 252 valence electrons. The van der Waals surface area contributed by atoms with Crippen LogP contribution in [0.2, 0.25) is 0 Å². The fourth-order valence-corrected chi connectivity index (χ4v) is 4.60. The molecule has 0 aliphatic rings. The molecule has 0 bridgehead atoms. The Bertz CT molecular complexity index is 1960. The second-order valence-electron chi connectivity index (χ2n) is 10.5. The van der Waals surface area contributed by atoms with Gasteiger partial charge in [-0.3, -0.25) is 29.1 Å². The van der Waals surface area contributed by atoms with Crippen LogP contribution in [0, 0.1) is 27.7 Å². The molecule has 4 aromatic heterocycles. The van der Waals surface area contributed by atoms with E-state index in [9.17, 15) is 24.0 Å². The number of nitrogens with two attached hydrogens (primary N) is 1. The van der Waals surface area contributed by atoms with Crippen LogP contribution < -0.4 is 32.3 Å². The largest absolute Gasteiger partial charge is 0.409 e. The maximum absolute atomic E-state index is 13.2. The number of carbonyl (C=O) groups excluding carboxylic acids is 5. The molecule has 19 heteroatoms. The van der Waals surface area contributed by atoms with Gasteiger partial charge >= 0.3 is 0 Å². The number of nitrogens with zero attached hydrogens (tertiary/aromatic N) is 2. The van der Waals surface area contributed by atoms with Gasteiger partial charge in [-0.1, -0.05) is 11.7 Å². The molecule has 0 aromatic carbocycles. The van der Waals surface area contributed by atoms with Crippen molar-refractivity contribution in [2.45, 2.75) is 34.1 Å². The quantitative estimate of drug-likeness (QED) is 0.0339. The summed E-state index contributed by atoms with van der Waals surface area (Å²) in [5.74, 6) is -2.39. The SMILES string of the molecule is C=C(Br)C(=O)Nc1n[nH]c(C(=O)Nc2c[nH]c(C(=O)Nc3c[nH]c(C(=O)Nc4c[nH]c(C(=O)NCCC(N)=NO)c4C)c3C)c2C)c1C. The van der Waals surface area contributed by atoms with E-state index < -0.39 is 29.5 Å². The predicted molar refractivity (Wildman–Crippen MR) is 181 cm³/mol. The van der Waals surface area contributed by atoms with Crippen molar-refractivity contribution in [1.29, 1.82) is 0 Å². The monoisotopic (exact) mass is 724 g/mol. The number of anilines is 4. The topological polar surface area (TPSA) is 280 Å². The molecule has 0 fully saturated rings. The Morgan fingerprint density at radius 3 is 1.65 bits per heavy atom. The van der Waals surface area contributed by atoms with Crippen LogP contribution in [0.1, 0.15) is 70.6 Å². The Labute approximate surface area is 280 Å². The molecule has 0 saturated carbocycles. The molecule has 4 aromatic rings. The number of hydrogen-bond donors (Lipinski definition) is 11. The molecule has 4 rings (SSSR count). The molecular formula is C29H33BrN12O6. The van der Waals surface area contributed by atoms with Gasteiger partial charge in [0, 0.05) is 53.8 Å². The van der Waals surface area contributed by atoms with Crippen LogP contribution in [0.15, 0.2) is 34.8 Å². The molecule has 5 amide bonds. The number of rotatable bonds is 12. The number of amides is 5. The zero-order valence-electron chi connectivity index (χ0n) is 26.2. The number of aromatic nitrogens is 5. The van der Waals surface area contributed by atoms with E-state index in [-0.39, 0.29) is 51.9 Å². The van der Waals surface area contributed by atoms with Gasteiger partial charge in [0.25, 0.3) is 29.5 Å². The van der Waals surface area contributed by atoms with Crippen LogP contribution in [-0.2, 0) is 4.79 Å². The van der Waals surface area contributed by atoms with E-state index in [1.54, 1.807) is 27.7 Å². The number of nitrogens with one attached hydrogen (secondary N) is 9. The molecule has 48 heavy (non-hydrogen) atoms. The summed E-state index contributed by atoms with van der Waals surface area (Å²) in [5.41, 5.74) is 8.93. The Balaban J connectivity index is 1.39. The van der Waals surface area contributed by atoms with E-state index in [1.807, 2.05) is 0 Å². The fourth-order valence-electron chi connectivity index (χ4n) is 4.50. The van der Waals surface area contributed by atoms with Gasteiger partial charge in [-0.2, -0.15) is 5.10 Å². The lowest BCUT2D eigenvalue weighted by Gasteiger charge is -2.08. The zero-order chi connectivity index (χ0) is 35.3. The second kappa shape index (κ2) is 14.5. The smallest absolute Gasteiger partial charge is 0.274 e. The third-order valence-corrected chi connectivity index (χ3v) is 7.72. The lowest BCUT2D eigenvalue weighted by molar-refractivity contribution is -0.112. The van der Waals surface area contributed by atoms with E-state index in [1.165, 1.54) is 18.6 Å². The Morgan fingerprint density at radius 2 is 1.21 bits per heavy atom. The number of hydrogen-bond acceptors (Lipinski definition) is 8. The summed E-state index contributed by atoms with van der Waals surface area (Å²) in [6, 6.07) is 0. The van der Waals surface area contributed by atoms with Gasteiger partial charge in [0.15, 0.2) is 5.82 Å². The average Bonchev–Trinajstić information content (AvgIpc) is 3.80. The number of halogens is 1. The summed E-state index contributed by atoms with van der Waals surface area (Å²) in [7, 11) is 0. The standard InChI is InChI=1S/C29H33BrN12O6/c1-11-16(8-33-20(11)26(44)32-7-6-19(31)42-48)36-27(45)21-12(2)17(9-34-21)37-28(46)22-13(3)18(10-35-22)38-29(47)23-14(4)24(41-40-23)39-25(43)15(5)30/h8-10,33-35,48H,5-7H2,1-4H3,(H2,31,42)(H,32,44)(H,36,45)(H,37,46)(H,38,47)(H2,39,40,41,43). The van der Waals surface area contributed by atoms with Crippen molar-refractivity contribution in [3.63, 3.8) is 0 Å². The van der Waals surface area contributed by atoms with Gasteiger partial charge in [-0.05, 0) is 43.6 Å². The van der Waals surface area contributed by atoms with Crippen molar-refractivity contribution in [2.24, 2.45) is 10.9 Å². The highest BCUT2D eigenvalue weighted by Crippen LogP contribution is 2.26. The molecule has 0 spiro atoms. The molecule has 0 unspecified atom stereocenters. The van der Waals surface area contributed by atoms with E-state index in [2.05, 4.69) is 79.4 Å². The molecule has 4 heterocycles. The Hall–Kier alpha value is -6.11. The van der Waals surface area contributed by atoms with Gasteiger partial charge in [-0.15, -0.1) is 0 Å². The van der Waals surface area contributed by atoms with Gasteiger partial charge in [-0.25, -0.2) is 0 Å². The van der Waals surface area contributed by atoms with Crippen LogP contribution in [0.3, 0.4) is 0 Å². The first kappa shape index (κ1) is 34.8. The first-order valence-corrected chi connectivity index (χ1v) is 15.0. The zero-order valence-corrected chi connectivity index (χ0v) is 27.8. The summed E-state index contributed by atoms with van der Waals surface area (Å²) in [5, 5.41) is 31.4. The predicted octanol–water partition coefficient (Wildman–Crippen LogP) is 3.10. The number of aromatic amines is 4. The maximum Gasteiger partial charge on any atom is 0.274 e. The summed E-state index contributed by atoms with van der Waals surface area (Å²) < 4.78 is 0.0955. The van der Waals surface area contributed by atoms with Crippen molar-refractivity contribution < 1.29 is 29.2 Å². The highest BCUT2D eigenvalue weighted by molar-refractivity contribution is 9.12. The minimum absolute atomic E-state index is 0.0250. The normalized spacial score (nSPS) is 11.1. The average molecular weight is 726 g/mol. The Morgan fingerprint density at radius 1 is 0.771 bits per heavy atom. The van der Waals surface area contributed by atoms with E-state index >= 15 is 0 Å². The van der Waals surface area contributed by atoms with Crippen LogP contribution in [-0.4, -0.2) is 72.3 Å². The molecule has 0 saturated heterocycles. The number of H-pyrrole nitrogens is 4. The van der Waals surface area contributed by atoms with Crippen molar-refractivity contribution in [2.75, 3.05) is 27.8 Å². The first-order valence-electron chi connectivity index (χ1n) is 14.2. The molecule has 0 radical (unpaired) electrons. The molecule has 0 aliphatic carbocycles. The van der Waals surface area contributed by atoms with Crippen molar-refractivity contribution in [1.82, 2.24) is 30.5 Å². The summed E-state index contributed by atoms with van der Waals surface area (Å²) >= 11 is 2.98. The number of carbonyl (C=O) groups is 5. The van der Waals surface area contributed by atoms with E-state index in [0.29, 0.717) is 39.3 Å². The molecule has 0 atom stereocenters. The number of amidine groups is 1. The van der Waals surface area contributed by atoms with Crippen molar-refractivity contribution in [3.8, 4) is 0 Å². The highest BCUT2D eigenvalue weighted by atomic mass is 79.9. The molecule has 0 aliphatic heterocycles. The van der Waals surface area contributed by atoms with Crippen LogP contribution in [0.25, 0.3) is 0 Å². The summed E-state index contributed by atoms with van der Waals surface area (Å²) in [6.07, 6.45) is 4.56. The third kappa shape index (κ3) is 7.47. The van der Waals surface area contributed by atoms with E-state index in [4.69, 9.17) is 10.9 Å². The highest BCUT2D eigenvalue weighted by Gasteiger charge is 2.23. The summed E-state index contributed by atoms with van der Waals surface area (Å²) in [4.78, 5) is 72.2. The lowest BCUT2D eigenvalue weighted by Crippen LogP contribution is -2.28. The van der Waals surface area contributed by atoms with Gasteiger partial charge in [0.05, 0.1) is 21.5 Å². The third-order valence-electron chi connectivity index (χ3n) is 7.36. The van der Waals surface area contributed by atoms with Crippen LogP contribution in [0.5, 0.6) is 0 Å². The van der Waals surface area contributed by atoms with Crippen LogP contribution in [0.4, 0.5) is 22.9 Å². The molecular weight excluding hydrogens is 692 g/mol. The fraction of sp³-hybridized carbons (Fsp3) is 0.207. The molecule has 18 nitrogen and oxygen atoms in total. The lowest BCUT2D eigenvalue weighted by atomic mass is 10.2. The summed E-state index contributed by atoms with van der Waals surface area (Å²) in [6.45, 7) is 10.2. The number of oxime groups is 1. The van der Waals surface area contributed by atoms with Crippen LogP contribution >= 0.6 is 15.9 Å². The van der Waals surface area contributed by atoms with E-state index in [0.717, 1.165) is 0 Å².